The number of nitrogens with one attached hydrogen (secondary N) is 2. The third-order valence-electron chi connectivity index (χ3n) is 3.01. The number of carbonyl (C=O) groups excluding carboxylic acids is 2. The number of likely N-dealkylation sites (tertiary alicyclic amines) is 1. The highest BCUT2D eigenvalue weighted by Crippen LogP contribution is 2.06. The van der Waals surface area contributed by atoms with Gasteiger partial charge >= 0.3 is 12.0 Å². The Hall–Kier alpha value is -1.83. The van der Waals surface area contributed by atoms with Gasteiger partial charge in [-0.2, -0.15) is 0 Å². The van der Waals surface area contributed by atoms with Gasteiger partial charge in [0.05, 0.1) is 0 Å². The average Bonchev–Trinajstić information content (AvgIpc) is 2.69. The second-order valence-electron chi connectivity index (χ2n) is 4.76. The molecule has 5 N–H and O–H groups in total. The van der Waals surface area contributed by atoms with Crippen LogP contribution in [0.1, 0.15) is 19.3 Å². The second-order valence-corrected chi connectivity index (χ2v) is 4.76. The Morgan fingerprint density at radius 1 is 1.47 bits per heavy atom. The Kier molecular flexibility index (Phi) is 5.56. The van der Waals surface area contributed by atoms with Crippen LogP contribution in [0.25, 0.3) is 0 Å². The standard InChI is InChI=1S/C11H20N4O4/c1-15-5-4-7(6-15)13-11(19)14-8(10(17)18)2-3-9(12)16/h7-8H,2-6H2,1H3,(H2,12,16)(H,17,18)(H2,13,14,19)/t7?,8-/m0/s1. The van der Waals surface area contributed by atoms with Crippen molar-refractivity contribution in [2.45, 2.75) is 31.3 Å². The van der Waals surface area contributed by atoms with Gasteiger partial charge in [-0.15, -0.1) is 0 Å². The minimum absolute atomic E-state index is 0.0113. The van der Waals surface area contributed by atoms with Gasteiger partial charge in [0.2, 0.25) is 5.91 Å². The topological polar surface area (TPSA) is 125 Å². The Balaban J connectivity index is 2.38. The van der Waals surface area contributed by atoms with E-state index in [0.29, 0.717) is 0 Å². The molecule has 0 saturated carbocycles. The van der Waals surface area contributed by atoms with Gasteiger partial charge in [-0.25, -0.2) is 9.59 Å². The number of likely N-dealkylation sites (N-methyl/N-ethyl adjacent to an activating group) is 1. The molecule has 1 unspecified atom stereocenters. The number of rotatable bonds is 6. The fourth-order valence-corrected chi connectivity index (χ4v) is 1.98. The van der Waals surface area contributed by atoms with E-state index in [-0.39, 0.29) is 18.9 Å². The van der Waals surface area contributed by atoms with Crippen LogP contribution in [-0.4, -0.2) is 60.1 Å². The first-order chi connectivity index (χ1) is 8.88. The minimum Gasteiger partial charge on any atom is -0.480 e. The summed E-state index contributed by atoms with van der Waals surface area (Å²) in [4.78, 5) is 35.3. The molecule has 2 atom stereocenters. The summed E-state index contributed by atoms with van der Waals surface area (Å²) in [6, 6.07) is -1.61. The fourth-order valence-electron chi connectivity index (χ4n) is 1.98. The lowest BCUT2D eigenvalue weighted by atomic mass is 10.1. The molecule has 0 bridgehead atoms. The Bertz CT molecular complexity index is 361. The van der Waals surface area contributed by atoms with Crippen molar-refractivity contribution < 1.29 is 19.5 Å². The van der Waals surface area contributed by atoms with Gasteiger partial charge in [-0.05, 0) is 26.4 Å². The number of carboxylic acid groups (broad SMARTS) is 1. The molecule has 108 valence electrons. The maximum atomic E-state index is 11.6. The first kappa shape index (κ1) is 15.2. The molecular weight excluding hydrogens is 252 g/mol. The Morgan fingerprint density at radius 3 is 2.63 bits per heavy atom. The number of amides is 3. The summed E-state index contributed by atoms with van der Waals surface area (Å²) >= 11 is 0. The number of aliphatic carboxylic acids is 1. The van der Waals surface area contributed by atoms with Crippen LogP contribution in [0.5, 0.6) is 0 Å². The van der Waals surface area contributed by atoms with Crippen LogP contribution in [0.3, 0.4) is 0 Å². The van der Waals surface area contributed by atoms with Crippen LogP contribution < -0.4 is 16.4 Å². The minimum atomic E-state index is -1.18. The molecule has 1 saturated heterocycles. The van der Waals surface area contributed by atoms with Gasteiger partial charge < -0.3 is 26.4 Å². The number of hydrogen-bond donors (Lipinski definition) is 4. The average molecular weight is 272 g/mol. The number of nitrogens with two attached hydrogens (primary N) is 1. The molecular formula is C11H20N4O4. The van der Waals surface area contributed by atoms with Crippen molar-refractivity contribution in [3.8, 4) is 0 Å². The Labute approximate surface area is 111 Å². The lowest BCUT2D eigenvalue weighted by Crippen LogP contribution is -2.49. The van der Waals surface area contributed by atoms with Crippen molar-refractivity contribution in [1.82, 2.24) is 15.5 Å². The number of nitrogens with zero attached hydrogens (tertiary/aromatic N) is 1. The maximum Gasteiger partial charge on any atom is 0.326 e. The first-order valence-electron chi connectivity index (χ1n) is 6.15. The first-order valence-corrected chi connectivity index (χ1v) is 6.15. The predicted molar refractivity (Wildman–Crippen MR) is 67.4 cm³/mol. The molecule has 1 aliphatic rings. The number of urea groups is 1. The van der Waals surface area contributed by atoms with E-state index in [1.165, 1.54) is 0 Å². The van der Waals surface area contributed by atoms with Crippen molar-refractivity contribution >= 4 is 17.9 Å². The summed E-state index contributed by atoms with van der Waals surface area (Å²) in [5, 5.41) is 14.0. The summed E-state index contributed by atoms with van der Waals surface area (Å²) in [7, 11) is 1.95. The van der Waals surface area contributed by atoms with Crippen LogP contribution in [0.15, 0.2) is 0 Å². The van der Waals surface area contributed by atoms with Crippen molar-refractivity contribution in [2.24, 2.45) is 5.73 Å². The molecule has 1 aliphatic heterocycles. The zero-order chi connectivity index (χ0) is 14.4. The molecule has 0 aromatic heterocycles. The van der Waals surface area contributed by atoms with Gasteiger partial charge in [0.1, 0.15) is 6.04 Å². The van der Waals surface area contributed by atoms with E-state index >= 15 is 0 Å². The van der Waals surface area contributed by atoms with Crippen molar-refractivity contribution in [3.05, 3.63) is 0 Å². The monoisotopic (exact) mass is 272 g/mol. The molecule has 1 rings (SSSR count). The van der Waals surface area contributed by atoms with Gasteiger partial charge in [-0.1, -0.05) is 0 Å². The number of carbonyl (C=O) groups is 3. The van der Waals surface area contributed by atoms with Crippen LogP contribution in [0.2, 0.25) is 0 Å². The smallest absolute Gasteiger partial charge is 0.326 e. The molecule has 8 heteroatoms. The Morgan fingerprint density at radius 2 is 2.16 bits per heavy atom. The normalized spacial score (nSPS) is 20.8. The van der Waals surface area contributed by atoms with Crippen molar-refractivity contribution in [3.63, 3.8) is 0 Å². The molecule has 1 heterocycles. The SMILES string of the molecule is CN1CCC(NC(=O)N[C@@H](CCC(N)=O)C(=O)O)C1. The maximum absolute atomic E-state index is 11.6. The van der Waals surface area contributed by atoms with E-state index in [1.54, 1.807) is 0 Å². The van der Waals surface area contributed by atoms with E-state index in [1.807, 2.05) is 7.05 Å². The molecule has 3 amide bonds. The third kappa shape index (κ3) is 5.56. The molecule has 1 fully saturated rings. The predicted octanol–water partition coefficient (Wildman–Crippen LogP) is -1.29. The van der Waals surface area contributed by atoms with E-state index < -0.39 is 23.9 Å². The quantitative estimate of drug-likeness (QED) is 0.479. The lowest BCUT2D eigenvalue weighted by Gasteiger charge is -2.17. The summed E-state index contributed by atoms with van der Waals surface area (Å²) in [6.07, 6.45) is 0.745. The van der Waals surface area contributed by atoms with Crippen molar-refractivity contribution in [2.75, 3.05) is 20.1 Å². The van der Waals surface area contributed by atoms with Gasteiger partial charge in [0, 0.05) is 19.0 Å². The molecule has 0 aliphatic carbocycles. The number of hydrogen-bond acceptors (Lipinski definition) is 4. The highest BCUT2D eigenvalue weighted by Gasteiger charge is 2.24. The van der Waals surface area contributed by atoms with E-state index in [0.717, 1.165) is 19.5 Å². The summed E-state index contributed by atoms with van der Waals surface area (Å²) in [6.45, 7) is 1.64. The second kappa shape index (κ2) is 6.93. The third-order valence-corrected chi connectivity index (χ3v) is 3.01. The molecule has 0 radical (unpaired) electrons. The van der Waals surface area contributed by atoms with E-state index in [9.17, 15) is 14.4 Å². The largest absolute Gasteiger partial charge is 0.480 e. The highest BCUT2D eigenvalue weighted by molar-refractivity contribution is 5.83. The van der Waals surface area contributed by atoms with Gasteiger partial charge in [0.25, 0.3) is 0 Å². The zero-order valence-electron chi connectivity index (χ0n) is 10.9. The van der Waals surface area contributed by atoms with E-state index in [2.05, 4.69) is 15.5 Å². The molecule has 19 heavy (non-hydrogen) atoms. The summed E-state index contributed by atoms with van der Waals surface area (Å²) < 4.78 is 0. The van der Waals surface area contributed by atoms with Crippen LogP contribution >= 0.6 is 0 Å². The molecule has 0 spiro atoms. The summed E-state index contributed by atoms with van der Waals surface area (Å²) in [5.74, 6) is -1.77. The van der Waals surface area contributed by atoms with Crippen LogP contribution in [0.4, 0.5) is 4.79 Å². The van der Waals surface area contributed by atoms with E-state index in [4.69, 9.17) is 10.8 Å². The van der Waals surface area contributed by atoms with Gasteiger partial charge in [-0.3, -0.25) is 4.79 Å². The summed E-state index contributed by atoms with van der Waals surface area (Å²) in [5.41, 5.74) is 4.95. The highest BCUT2D eigenvalue weighted by atomic mass is 16.4. The van der Waals surface area contributed by atoms with Crippen LogP contribution in [0, 0.1) is 0 Å². The van der Waals surface area contributed by atoms with Gasteiger partial charge in [0.15, 0.2) is 0 Å². The fraction of sp³-hybridized carbons (Fsp3) is 0.727. The molecule has 0 aromatic rings. The number of primary amides is 1. The lowest BCUT2D eigenvalue weighted by molar-refractivity contribution is -0.139. The van der Waals surface area contributed by atoms with Crippen LogP contribution in [-0.2, 0) is 9.59 Å². The molecule has 8 nitrogen and oxygen atoms in total. The zero-order valence-corrected chi connectivity index (χ0v) is 10.9. The van der Waals surface area contributed by atoms with Crippen molar-refractivity contribution in [1.29, 1.82) is 0 Å². The molecule has 0 aromatic carbocycles. The number of carboxylic acids is 1.